The summed E-state index contributed by atoms with van der Waals surface area (Å²) < 4.78 is 0. The normalized spacial score (nSPS) is 50.1. The zero-order chi connectivity index (χ0) is 16.0. The third-order valence-corrected chi connectivity index (χ3v) is 7.81. The van der Waals surface area contributed by atoms with Crippen LogP contribution in [0, 0.1) is 17.8 Å². The number of aliphatic carboxylic acids is 1. The van der Waals surface area contributed by atoms with Gasteiger partial charge >= 0.3 is 5.97 Å². The lowest BCUT2D eigenvalue weighted by atomic mass is 9.69. The Morgan fingerprint density at radius 1 is 0.913 bits per heavy atom. The number of fused-ring (bicyclic) bond motifs is 3. The molecule has 4 rings (SSSR count). The molecule has 2 saturated heterocycles. The number of halogens is 1. The average Bonchev–Trinajstić information content (AvgIpc) is 2.92. The van der Waals surface area contributed by atoms with Crippen molar-refractivity contribution >= 4 is 21.9 Å². The fraction of sp³-hybridized carbons (Fsp3) is 0.944. The van der Waals surface area contributed by atoms with Gasteiger partial charge < -0.3 is 10.4 Å². The molecule has 0 aromatic rings. The molecule has 2 aliphatic carbocycles. The van der Waals surface area contributed by atoms with Crippen LogP contribution in [0.5, 0.6) is 0 Å². The molecule has 4 nitrogen and oxygen atoms in total. The maximum atomic E-state index is 11.7. The summed E-state index contributed by atoms with van der Waals surface area (Å²) in [7, 11) is 0. The zero-order valence-electron chi connectivity index (χ0n) is 13.7. The smallest absolute Gasteiger partial charge is 0.320 e. The van der Waals surface area contributed by atoms with Crippen molar-refractivity contribution in [3.63, 3.8) is 0 Å². The molecule has 3 N–H and O–H groups in total. The van der Waals surface area contributed by atoms with E-state index in [0.29, 0.717) is 40.7 Å². The maximum absolute atomic E-state index is 11.7. The highest BCUT2D eigenvalue weighted by molar-refractivity contribution is 9.09. The number of piperidine rings is 1. The summed E-state index contributed by atoms with van der Waals surface area (Å²) in [4.78, 5) is 12.3. The predicted molar refractivity (Wildman–Crippen MR) is 93.8 cm³/mol. The lowest BCUT2D eigenvalue weighted by Crippen LogP contribution is -2.62. The first-order valence-corrected chi connectivity index (χ1v) is 10.4. The number of rotatable bonds is 2. The molecule has 0 spiro atoms. The monoisotopic (exact) mass is 384 g/mol. The Morgan fingerprint density at radius 3 is 2.52 bits per heavy atom. The van der Waals surface area contributed by atoms with Crippen LogP contribution in [0.4, 0.5) is 0 Å². The first kappa shape index (κ1) is 16.3. The van der Waals surface area contributed by atoms with Gasteiger partial charge in [-0.15, -0.1) is 0 Å². The quantitative estimate of drug-likeness (QED) is 0.640. The minimum atomic E-state index is -0.654. The molecule has 130 valence electrons. The Morgan fingerprint density at radius 2 is 1.74 bits per heavy atom. The summed E-state index contributed by atoms with van der Waals surface area (Å²) in [5.41, 5.74) is 0. The van der Waals surface area contributed by atoms with Crippen molar-refractivity contribution in [2.24, 2.45) is 17.8 Å². The average molecular weight is 385 g/mol. The summed E-state index contributed by atoms with van der Waals surface area (Å²) in [6.45, 7) is 0. The van der Waals surface area contributed by atoms with E-state index in [0.717, 1.165) is 6.42 Å². The van der Waals surface area contributed by atoms with Crippen LogP contribution in [-0.4, -0.2) is 40.1 Å². The van der Waals surface area contributed by atoms with Gasteiger partial charge in [-0.2, -0.15) is 0 Å². The van der Waals surface area contributed by atoms with Gasteiger partial charge in [-0.3, -0.25) is 10.1 Å². The maximum Gasteiger partial charge on any atom is 0.320 e. The van der Waals surface area contributed by atoms with E-state index < -0.39 is 5.97 Å². The lowest BCUT2D eigenvalue weighted by Gasteiger charge is -2.45. The molecule has 23 heavy (non-hydrogen) atoms. The summed E-state index contributed by atoms with van der Waals surface area (Å²) in [6, 6.07) is 1.11. The molecule has 5 heteroatoms. The van der Waals surface area contributed by atoms with Crippen molar-refractivity contribution in [3.8, 4) is 0 Å². The van der Waals surface area contributed by atoms with E-state index in [4.69, 9.17) is 0 Å². The number of carboxylic acid groups (broad SMARTS) is 1. The molecule has 0 radical (unpaired) electrons. The summed E-state index contributed by atoms with van der Waals surface area (Å²) in [6.07, 6.45) is 11.0. The van der Waals surface area contributed by atoms with Gasteiger partial charge in [0.05, 0.1) is 0 Å². The minimum Gasteiger partial charge on any atom is -0.480 e. The van der Waals surface area contributed by atoms with E-state index in [2.05, 4.69) is 26.6 Å². The number of nitrogens with one attached hydrogen (secondary N) is 2. The highest BCUT2D eigenvalue weighted by atomic mass is 79.9. The number of carboxylic acids is 1. The predicted octanol–water partition coefficient (Wildman–Crippen LogP) is 2.90. The van der Waals surface area contributed by atoms with Gasteiger partial charge in [0.15, 0.2) is 0 Å². The second-order valence-corrected chi connectivity index (χ2v) is 9.55. The van der Waals surface area contributed by atoms with Gasteiger partial charge in [-0.05, 0) is 56.3 Å². The third-order valence-electron chi connectivity index (χ3n) is 6.98. The van der Waals surface area contributed by atoms with Crippen LogP contribution < -0.4 is 10.6 Å². The standard InChI is InChI=1S/C18H29BrN2O2/c19-11-5-3-4-10(8-11)16-17-13(9-15(21-16)18(22)23)12-6-1-2-7-14(12)20-17/h10-17,20-21H,1-9H2,(H,22,23). The molecule has 8 unspecified atom stereocenters. The van der Waals surface area contributed by atoms with Crippen molar-refractivity contribution in [3.05, 3.63) is 0 Å². The van der Waals surface area contributed by atoms with Crippen molar-refractivity contribution in [1.29, 1.82) is 0 Å². The van der Waals surface area contributed by atoms with Crippen LogP contribution >= 0.6 is 15.9 Å². The molecular formula is C18H29BrN2O2. The SMILES string of the molecule is O=C(O)C1CC2C3CCCCC3NC2C(C2CCCC(Br)C2)N1. The molecule has 8 atom stereocenters. The molecule has 0 aromatic heterocycles. The number of carbonyl (C=O) groups is 1. The Balaban J connectivity index is 1.57. The summed E-state index contributed by atoms with van der Waals surface area (Å²) >= 11 is 3.81. The lowest BCUT2D eigenvalue weighted by molar-refractivity contribution is -0.141. The number of alkyl halides is 1. The van der Waals surface area contributed by atoms with E-state index in [1.165, 1.54) is 51.4 Å². The molecule has 2 saturated carbocycles. The van der Waals surface area contributed by atoms with Gasteiger partial charge in [-0.25, -0.2) is 0 Å². The number of hydrogen-bond donors (Lipinski definition) is 3. The van der Waals surface area contributed by atoms with Crippen LogP contribution in [0.1, 0.15) is 57.8 Å². The van der Waals surface area contributed by atoms with Crippen LogP contribution in [0.15, 0.2) is 0 Å². The molecule has 0 amide bonds. The molecular weight excluding hydrogens is 356 g/mol. The Hall–Kier alpha value is -0.130. The molecule has 0 bridgehead atoms. The molecule has 4 fully saturated rings. The van der Waals surface area contributed by atoms with Crippen LogP contribution in [0.2, 0.25) is 0 Å². The van der Waals surface area contributed by atoms with Gasteiger partial charge in [0.1, 0.15) is 6.04 Å². The highest BCUT2D eigenvalue weighted by Crippen LogP contribution is 2.45. The zero-order valence-corrected chi connectivity index (χ0v) is 15.3. The van der Waals surface area contributed by atoms with Crippen LogP contribution in [0.25, 0.3) is 0 Å². The van der Waals surface area contributed by atoms with E-state index in [1.54, 1.807) is 0 Å². The highest BCUT2D eigenvalue weighted by Gasteiger charge is 2.52. The van der Waals surface area contributed by atoms with Crippen LogP contribution in [-0.2, 0) is 4.79 Å². The van der Waals surface area contributed by atoms with E-state index in [1.807, 2.05) is 0 Å². The first-order chi connectivity index (χ1) is 11.1. The minimum absolute atomic E-state index is 0.334. The largest absolute Gasteiger partial charge is 0.480 e. The fourth-order valence-electron chi connectivity index (χ4n) is 5.98. The van der Waals surface area contributed by atoms with Gasteiger partial charge in [0.25, 0.3) is 0 Å². The van der Waals surface area contributed by atoms with Gasteiger partial charge in [-0.1, -0.05) is 35.2 Å². The molecule has 2 heterocycles. The van der Waals surface area contributed by atoms with Crippen LogP contribution in [0.3, 0.4) is 0 Å². The first-order valence-electron chi connectivity index (χ1n) is 9.52. The summed E-state index contributed by atoms with van der Waals surface area (Å²) in [5.74, 6) is 1.22. The van der Waals surface area contributed by atoms with Crippen molar-refractivity contribution in [2.75, 3.05) is 0 Å². The fourth-order valence-corrected chi connectivity index (χ4v) is 6.78. The molecule has 2 aliphatic heterocycles. The van der Waals surface area contributed by atoms with Crippen molar-refractivity contribution in [2.45, 2.75) is 86.8 Å². The van der Waals surface area contributed by atoms with Gasteiger partial charge in [0, 0.05) is 23.0 Å². The van der Waals surface area contributed by atoms with Crippen molar-refractivity contribution in [1.82, 2.24) is 10.6 Å². The summed E-state index contributed by atoms with van der Waals surface area (Å²) in [5, 5.41) is 17.1. The topological polar surface area (TPSA) is 61.4 Å². The molecule has 0 aromatic carbocycles. The van der Waals surface area contributed by atoms with E-state index in [-0.39, 0.29) is 6.04 Å². The third kappa shape index (κ3) is 3.09. The second kappa shape index (κ2) is 6.64. The van der Waals surface area contributed by atoms with E-state index >= 15 is 0 Å². The second-order valence-electron chi connectivity index (χ2n) is 8.25. The van der Waals surface area contributed by atoms with Gasteiger partial charge in [0.2, 0.25) is 0 Å². The molecule has 4 aliphatic rings. The van der Waals surface area contributed by atoms with Crippen molar-refractivity contribution < 1.29 is 9.90 Å². The Bertz CT molecular complexity index is 460. The number of hydrogen-bond acceptors (Lipinski definition) is 3. The van der Waals surface area contributed by atoms with E-state index in [9.17, 15) is 9.90 Å². The Labute approximate surface area is 147 Å². The Kier molecular flexibility index (Phi) is 4.72.